The van der Waals surface area contributed by atoms with Crippen LogP contribution in [0.15, 0.2) is 36.9 Å². The first-order chi connectivity index (χ1) is 14.0. The molecule has 0 aliphatic heterocycles. The van der Waals surface area contributed by atoms with Crippen LogP contribution in [0.2, 0.25) is 0 Å². The number of carbonyl (C=O) groups excluding carboxylic acids is 3. The van der Waals surface area contributed by atoms with Crippen LogP contribution in [0, 0.1) is 0 Å². The highest BCUT2D eigenvalue weighted by Crippen LogP contribution is 2.14. The van der Waals surface area contributed by atoms with E-state index < -0.39 is 17.9 Å². The van der Waals surface area contributed by atoms with Crippen molar-refractivity contribution in [3.8, 4) is 0 Å². The summed E-state index contributed by atoms with van der Waals surface area (Å²) in [6, 6.07) is 3.30. The lowest BCUT2D eigenvalue weighted by Gasteiger charge is -2.12. The number of carbonyl (C=O) groups is 3. The molecule has 0 N–H and O–H groups in total. The van der Waals surface area contributed by atoms with Crippen molar-refractivity contribution in [3.05, 3.63) is 48.6 Å². The first kappa shape index (κ1) is 23.6. The molecule has 2 heterocycles. The summed E-state index contributed by atoms with van der Waals surface area (Å²) in [7, 11) is 0. The third kappa shape index (κ3) is 8.87. The van der Waals surface area contributed by atoms with Crippen molar-refractivity contribution in [1.29, 1.82) is 0 Å². The highest BCUT2D eigenvalue weighted by molar-refractivity contribution is 5.99. The van der Waals surface area contributed by atoms with Gasteiger partial charge < -0.3 is 14.2 Å². The van der Waals surface area contributed by atoms with Crippen LogP contribution >= 0.6 is 0 Å². The van der Waals surface area contributed by atoms with Crippen LogP contribution in [-0.2, 0) is 35.0 Å². The van der Waals surface area contributed by atoms with E-state index in [0.29, 0.717) is 12.4 Å². The molecule has 0 atom stereocenters. The van der Waals surface area contributed by atoms with Gasteiger partial charge in [-0.15, -0.1) is 0 Å². The molecule has 29 heavy (non-hydrogen) atoms. The summed E-state index contributed by atoms with van der Waals surface area (Å²) < 4.78 is 14.3. The second kappa shape index (κ2) is 13.7. The summed E-state index contributed by atoms with van der Waals surface area (Å²) in [5, 5.41) is 0. The maximum atomic E-state index is 11.7. The number of ether oxygens (including phenoxy) is 3. The van der Waals surface area contributed by atoms with E-state index in [1.54, 1.807) is 45.3 Å². The van der Waals surface area contributed by atoms with E-state index >= 15 is 0 Å². The lowest BCUT2D eigenvalue weighted by Crippen LogP contribution is -2.27. The lowest BCUT2D eigenvalue weighted by atomic mass is 10.1. The zero-order valence-electron chi connectivity index (χ0n) is 16.6. The van der Waals surface area contributed by atoms with Gasteiger partial charge in [0.2, 0.25) is 5.92 Å². The van der Waals surface area contributed by atoms with Gasteiger partial charge in [-0.3, -0.25) is 14.4 Å². The average molecular weight is 404 g/mol. The van der Waals surface area contributed by atoms with Crippen molar-refractivity contribution in [2.45, 2.75) is 33.1 Å². The van der Waals surface area contributed by atoms with E-state index in [4.69, 9.17) is 14.2 Å². The van der Waals surface area contributed by atoms with Gasteiger partial charge in [0.25, 0.3) is 0 Å². The molecule has 0 saturated heterocycles. The smallest absolute Gasteiger partial charge is 0.328 e. The quantitative estimate of drug-likeness (QED) is 0.360. The van der Waals surface area contributed by atoms with Crippen molar-refractivity contribution in [1.82, 2.24) is 19.9 Å². The number of esters is 3. The van der Waals surface area contributed by atoms with E-state index in [-0.39, 0.29) is 31.4 Å². The van der Waals surface area contributed by atoms with Gasteiger partial charge in [-0.1, -0.05) is 0 Å². The molecule has 10 nitrogen and oxygen atoms in total. The topological polar surface area (TPSA) is 130 Å². The van der Waals surface area contributed by atoms with Crippen LogP contribution in [-0.4, -0.2) is 57.7 Å². The SMILES string of the molecule is CCOC(=O)C(C(=O)OCC)c1ncccn1.CCOC(=O)Cc1ncccn1. The summed E-state index contributed by atoms with van der Waals surface area (Å²) in [4.78, 5) is 49.7. The Morgan fingerprint density at radius 3 is 1.66 bits per heavy atom. The Bertz CT molecular complexity index is 740. The van der Waals surface area contributed by atoms with Gasteiger partial charge in [-0.25, -0.2) is 19.9 Å². The van der Waals surface area contributed by atoms with Crippen LogP contribution in [0.4, 0.5) is 0 Å². The minimum atomic E-state index is -1.21. The fourth-order valence-corrected chi connectivity index (χ4v) is 1.98. The summed E-state index contributed by atoms with van der Waals surface area (Å²) >= 11 is 0. The monoisotopic (exact) mass is 404 g/mol. The largest absolute Gasteiger partial charge is 0.466 e. The molecule has 0 fully saturated rings. The average Bonchev–Trinajstić information content (AvgIpc) is 2.71. The number of aromatic nitrogens is 4. The minimum Gasteiger partial charge on any atom is -0.466 e. The molecule has 0 aliphatic rings. The lowest BCUT2D eigenvalue weighted by molar-refractivity contribution is -0.157. The van der Waals surface area contributed by atoms with Gasteiger partial charge in [0.15, 0.2) is 5.82 Å². The molecule has 0 aliphatic carbocycles. The number of hydrogen-bond acceptors (Lipinski definition) is 10. The summed E-state index contributed by atoms with van der Waals surface area (Å²) in [5.41, 5.74) is 0. The molecule has 0 bridgehead atoms. The molecule has 2 aromatic heterocycles. The molecule has 0 amide bonds. The third-order valence-electron chi connectivity index (χ3n) is 3.12. The molecular weight excluding hydrogens is 380 g/mol. The fraction of sp³-hybridized carbons (Fsp3) is 0.421. The van der Waals surface area contributed by atoms with E-state index in [1.807, 2.05) is 0 Å². The van der Waals surface area contributed by atoms with Gasteiger partial charge in [0.1, 0.15) is 12.2 Å². The molecule has 0 unspecified atom stereocenters. The van der Waals surface area contributed by atoms with Crippen LogP contribution in [0.3, 0.4) is 0 Å². The van der Waals surface area contributed by atoms with Crippen LogP contribution in [0.5, 0.6) is 0 Å². The highest BCUT2D eigenvalue weighted by Gasteiger charge is 2.33. The fourth-order valence-electron chi connectivity index (χ4n) is 1.98. The Balaban J connectivity index is 0.000000308. The zero-order valence-corrected chi connectivity index (χ0v) is 16.6. The predicted molar refractivity (Wildman–Crippen MR) is 100 cm³/mol. The van der Waals surface area contributed by atoms with Crippen LogP contribution in [0.25, 0.3) is 0 Å². The van der Waals surface area contributed by atoms with Crippen molar-refractivity contribution in [3.63, 3.8) is 0 Å². The predicted octanol–water partition coefficient (Wildman–Crippen LogP) is 1.27. The molecule has 156 valence electrons. The molecule has 2 aromatic rings. The molecule has 0 spiro atoms. The third-order valence-corrected chi connectivity index (χ3v) is 3.12. The highest BCUT2D eigenvalue weighted by atomic mass is 16.6. The van der Waals surface area contributed by atoms with Crippen LogP contribution < -0.4 is 0 Å². The van der Waals surface area contributed by atoms with Gasteiger partial charge in [-0.2, -0.15) is 0 Å². The first-order valence-corrected chi connectivity index (χ1v) is 9.05. The Morgan fingerprint density at radius 2 is 1.21 bits per heavy atom. The van der Waals surface area contributed by atoms with Gasteiger partial charge in [0, 0.05) is 24.8 Å². The Morgan fingerprint density at radius 1 is 0.759 bits per heavy atom. The van der Waals surface area contributed by atoms with Crippen molar-refractivity contribution >= 4 is 17.9 Å². The summed E-state index contributed by atoms with van der Waals surface area (Å²) in [5.74, 6) is -2.31. The van der Waals surface area contributed by atoms with Gasteiger partial charge >= 0.3 is 17.9 Å². The van der Waals surface area contributed by atoms with Crippen molar-refractivity contribution in [2.75, 3.05) is 19.8 Å². The maximum Gasteiger partial charge on any atom is 0.328 e. The van der Waals surface area contributed by atoms with E-state index in [9.17, 15) is 14.4 Å². The van der Waals surface area contributed by atoms with Gasteiger partial charge in [-0.05, 0) is 32.9 Å². The van der Waals surface area contributed by atoms with Crippen LogP contribution in [0.1, 0.15) is 38.3 Å². The van der Waals surface area contributed by atoms with Gasteiger partial charge in [0.05, 0.1) is 19.8 Å². The molecule has 10 heteroatoms. The molecule has 2 rings (SSSR count). The Hall–Kier alpha value is -3.43. The zero-order chi connectivity index (χ0) is 21.5. The molecule has 0 saturated carbocycles. The second-order valence-corrected chi connectivity index (χ2v) is 5.19. The Kier molecular flexibility index (Phi) is 11.1. The minimum absolute atomic E-state index is 0.0874. The van der Waals surface area contributed by atoms with Crippen molar-refractivity contribution in [2.24, 2.45) is 0 Å². The first-order valence-electron chi connectivity index (χ1n) is 9.05. The summed E-state index contributed by atoms with van der Waals surface area (Å²) in [6.07, 6.45) is 6.25. The number of rotatable bonds is 8. The second-order valence-electron chi connectivity index (χ2n) is 5.19. The molecular formula is C19H24N4O6. The van der Waals surface area contributed by atoms with E-state index in [2.05, 4.69) is 19.9 Å². The Labute approximate surface area is 168 Å². The number of nitrogens with zero attached hydrogens (tertiary/aromatic N) is 4. The van der Waals surface area contributed by atoms with E-state index in [1.165, 1.54) is 12.4 Å². The normalized spacial score (nSPS) is 9.79. The van der Waals surface area contributed by atoms with E-state index in [0.717, 1.165) is 0 Å². The maximum absolute atomic E-state index is 11.7. The standard InChI is InChI=1S/C11H14N2O4.C8H10N2O2/c1-3-16-10(14)8(11(15)17-4-2)9-12-6-5-7-13-9;1-2-12-8(11)6-7-9-4-3-5-10-7/h5-8H,3-4H2,1-2H3;3-5H,2,6H2,1H3. The summed E-state index contributed by atoms with van der Waals surface area (Å²) in [6.45, 7) is 5.84. The van der Waals surface area contributed by atoms with Crippen molar-refractivity contribution < 1.29 is 28.6 Å². The molecule has 0 radical (unpaired) electrons. The molecule has 0 aromatic carbocycles. The number of hydrogen-bond donors (Lipinski definition) is 0.